The highest BCUT2D eigenvalue weighted by molar-refractivity contribution is 5.70. The molecule has 2 saturated heterocycles. The Morgan fingerprint density at radius 3 is 2.53 bits per heavy atom. The minimum Gasteiger partial charge on any atom is -0.469 e. The summed E-state index contributed by atoms with van der Waals surface area (Å²) in [6.07, 6.45) is -2.59. The van der Waals surface area contributed by atoms with Gasteiger partial charge in [0.15, 0.2) is 5.79 Å². The summed E-state index contributed by atoms with van der Waals surface area (Å²) in [5, 5.41) is 3.36. The van der Waals surface area contributed by atoms with E-state index in [0.29, 0.717) is 6.54 Å². The third kappa shape index (κ3) is 4.83. The van der Waals surface area contributed by atoms with Gasteiger partial charge in [0.25, 0.3) is 0 Å². The molecule has 0 radical (unpaired) electrons. The maximum absolute atomic E-state index is 14.6. The lowest BCUT2D eigenvalue weighted by Crippen LogP contribution is -2.47. The molecule has 8 heteroatoms. The van der Waals surface area contributed by atoms with Gasteiger partial charge in [0, 0.05) is 24.2 Å². The minimum absolute atomic E-state index is 0.0274. The first-order valence-electron chi connectivity index (χ1n) is 10.6. The fourth-order valence-electron chi connectivity index (χ4n) is 4.35. The molecular weight excluding hydrogens is 420 g/mol. The van der Waals surface area contributed by atoms with Crippen LogP contribution in [0.3, 0.4) is 0 Å². The lowest BCUT2D eigenvalue weighted by molar-refractivity contribution is -0.191. The van der Waals surface area contributed by atoms with Gasteiger partial charge in [-0.15, -0.1) is 0 Å². The number of methoxy groups -OCH3 is 1. The largest absolute Gasteiger partial charge is 0.469 e. The Balaban J connectivity index is 1.62. The molecule has 0 amide bonds. The first kappa shape index (κ1) is 22.8. The van der Waals surface area contributed by atoms with Crippen molar-refractivity contribution < 1.29 is 32.5 Å². The maximum Gasteiger partial charge on any atom is 0.307 e. The first-order chi connectivity index (χ1) is 15.3. The average molecular weight is 447 g/mol. The summed E-state index contributed by atoms with van der Waals surface area (Å²) in [5.41, 5.74) is 1.21. The van der Waals surface area contributed by atoms with E-state index in [2.05, 4.69) is 5.32 Å². The Hall–Kier alpha value is -2.39. The van der Waals surface area contributed by atoms with Crippen LogP contribution < -0.4 is 5.32 Å². The Bertz CT molecular complexity index is 955. The van der Waals surface area contributed by atoms with E-state index in [9.17, 15) is 13.6 Å². The molecule has 2 fully saturated rings. The van der Waals surface area contributed by atoms with Crippen molar-refractivity contribution in [2.24, 2.45) is 0 Å². The number of carbonyl (C=O) groups is 1. The Morgan fingerprint density at radius 1 is 1.12 bits per heavy atom. The van der Waals surface area contributed by atoms with E-state index >= 15 is 0 Å². The van der Waals surface area contributed by atoms with Crippen molar-refractivity contribution in [1.82, 2.24) is 5.32 Å². The van der Waals surface area contributed by atoms with Gasteiger partial charge in [-0.1, -0.05) is 36.4 Å². The molecule has 0 bridgehead atoms. The third-order valence-corrected chi connectivity index (χ3v) is 5.78. The van der Waals surface area contributed by atoms with Gasteiger partial charge in [0.2, 0.25) is 0 Å². The first-order valence-corrected chi connectivity index (χ1v) is 10.6. The van der Waals surface area contributed by atoms with Gasteiger partial charge >= 0.3 is 5.97 Å². The predicted octanol–water partition coefficient (Wildman–Crippen LogP) is 3.65. The van der Waals surface area contributed by atoms with Gasteiger partial charge in [-0.3, -0.25) is 4.79 Å². The van der Waals surface area contributed by atoms with E-state index in [4.69, 9.17) is 18.9 Å². The number of halogens is 2. The van der Waals surface area contributed by atoms with Gasteiger partial charge in [0.1, 0.15) is 36.1 Å². The molecule has 2 aliphatic heterocycles. The van der Waals surface area contributed by atoms with E-state index in [1.165, 1.54) is 19.2 Å². The van der Waals surface area contributed by atoms with Crippen LogP contribution in [0.5, 0.6) is 0 Å². The van der Waals surface area contributed by atoms with Gasteiger partial charge in [0.05, 0.1) is 13.5 Å². The van der Waals surface area contributed by atoms with Crippen LogP contribution in [0.1, 0.15) is 37.5 Å². The molecular formula is C24H27F2NO5. The number of hydrogen-bond acceptors (Lipinski definition) is 6. The van der Waals surface area contributed by atoms with E-state index < -0.39 is 53.8 Å². The number of esters is 1. The molecule has 32 heavy (non-hydrogen) atoms. The van der Waals surface area contributed by atoms with Crippen molar-refractivity contribution in [2.45, 2.75) is 63.1 Å². The highest BCUT2D eigenvalue weighted by Gasteiger charge is 2.57. The topological polar surface area (TPSA) is 66.0 Å². The van der Waals surface area contributed by atoms with Gasteiger partial charge < -0.3 is 24.3 Å². The van der Waals surface area contributed by atoms with Crippen LogP contribution in [-0.4, -0.2) is 43.2 Å². The predicted molar refractivity (Wildman–Crippen MR) is 111 cm³/mol. The zero-order chi connectivity index (χ0) is 22.9. The average Bonchev–Trinajstić information content (AvgIpc) is 3.25. The molecule has 0 unspecified atom stereocenters. The van der Waals surface area contributed by atoms with Gasteiger partial charge in [-0.2, -0.15) is 0 Å². The number of benzene rings is 2. The molecule has 2 aromatic rings. The third-order valence-electron chi connectivity index (χ3n) is 5.78. The minimum atomic E-state index is -0.915. The van der Waals surface area contributed by atoms with E-state index in [1.807, 2.05) is 30.3 Å². The van der Waals surface area contributed by atoms with Crippen LogP contribution in [0.15, 0.2) is 48.5 Å². The summed E-state index contributed by atoms with van der Waals surface area (Å²) < 4.78 is 51.4. The fourth-order valence-corrected chi connectivity index (χ4v) is 4.35. The molecule has 0 saturated carbocycles. The summed E-state index contributed by atoms with van der Waals surface area (Å²) in [7, 11) is 1.32. The second-order valence-corrected chi connectivity index (χ2v) is 8.51. The van der Waals surface area contributed by atoms with Crippen molar-refractivity contribution in [3.63, 3.8) is 0 Å². The highest BCUT2D eigenvalue weighted by atomic mass is 19.1. The second-order valence-electron chi connectivity index (χ2n) is 8.51. The van der Waals surface area contributed by atoms with Gasteiger partial charge in [-0.05, 0) is 25.5 Å². The number of hydrogen-bond donors (Lipinski definition) is 1. The number of ether oxygens (including phenoxy) is 4. The quantitative estimate of drug-likeness (QED) is 0.654. The van der Waals surface area contributed by atoms with E-state index in [1.54, 1.807) is 13.8 Å². The number of carbonyl (C=O) groups excluding carboxylic acids is 1. The van der Waals surface area contributed by atoms with Crippen LogP contribution in [0.25, 0.3) is 0 Å². The molecule has 0 aliphatic carbocycles. The summed E-state index contributed by atoms with van der Waals surface area (Å²) in [5.74, 6) is -2.72. The molecule has 4 rings (SSSR count). The van der Waals surface area contributed by atoms with Crippen LogP contribution in [0.4, 0.5) is 8.78 Å². The zero-order valence-electron chi connectivity index (χ0n) is 18.2. The van der Waals surface area contributed by atoms with Crippen LogP contribution in [0, 0.1) is 11.6 Å². The lowest BCUT2D eigenvalue weighted by Gasteiger charge is -2.29. The maximum atomic E-state index is 14.6. The van der Waals surface area contributed by atoms with Crippen molar-refractivity contribution >= 4 is 5.97 Å². The van der Waals surface area contributed by atoms with Crippen molar-refractivity contribution in [3.05, 3.63) is 71.3 Å². The lowest BCUT2D eigenvalue weighted by atomic mass is 9.97. The molecule has 172 valence electrons. The molecule has 5 atom stereocenters. The molecule has 2 aliphatic rings. The number of nitrogens with one attached hydrogen (secondary N) is 1. The molecule has 6 nitrogen and oxygen atoms in total. The van der Waals surface area contributed by atoms with Crippen molar-refractivity contribution in [1.29, 1.82) is 0 Å². The zero-order valence-corrected chi connectivity index (χ0v) is 18.2. The van der Waals surface area contributed by atoms with Crippen LogP contribution >= 0.6 is 0 Å². The Morgan fingerprint density at radius 2 is 1.84 bits per heavy atom. The Kier molecular flexibility index (Phi) is 6.57. The van der Waals surface area contributed by atoms with Gasteiger partial charge in [-0.25, -0.2) is 8.78 Å². The van der Waals surface area contributed by atoms with E-state index in [-0.39, 0.29) is 12.0 Å². The normalized spacial score (nSPS) is 27.2. The molecule has 2 heterocycles. The molecule has 2 aromatic carbocycles. The number of fused-ring (bicyclic) bond motifs is 1. The fraction of sp³-hybridized carbons (Fsp3) is 0.458. The molecule has 1 N–H and O–H groups in total. The van der Waals surface area contributed by atoms with Crippen molar-refractivity contribution in [2.75, 3.05) is 7.11 Å². The smallest absolute Gasteiger partial charge is 0.307 e. The highest BCUT2D eigenvalue weighted by Crippen LogP contribution is 2.46. The van der Waals surface area contributed by atoms with Crippen molar-refractivity contribution in [3.8, 4) is 0 Å². The summed E-state index contributed by atoms with van der Waals surface area (Å²) in [4.78, 5) is 12.2. The SMILES string of the molecule is COC(=O)C[C@@H](NCc1ccccc1)[C@H]1O[C@@H](c2ccc(F)cc2F)[C@H]2OC(C)(C)O[C@@H]12. The standard InChI is InChI=1S/C24H27F2NO5/c1-24(2)31-22-20(16-10-9-15(25)11-17(16)26)30-21(23(22)32-24)18(12-19(28)29-3)27-13-14-7-5-4-6-8-14/h4-11,18,20-23,27H,12-13H2,1-3H3/t18-,20+,21-,22-,23+/m1/s1. The summed E-state index contributed by atoms with van der Waals surface area (Å²) >= 11 is 0. The molecule has 0 aromatic heterocycles. The van der Waals surface area contributed by atoms with Crippen LogP contribution in [0.2, 0.25) is 0 Å². The van der Waals surface area contributed by atoms with Crippen LogP contribution in [-0.2, 0) is 30.3 Å². The summed E-state index contributed by atoms with van der Waals surface area (Å²) in [6.45, 7) is 4.03. The number of rotatable bonds is 7. The van der Waals surface area contributed by atoms with E-state index in [0.717, 1.165) is 11.6 Å². The molecule has 0 spiro atoms. The second kappa shape index (κ2) is 9.23. The monoisotopic (exact) mass is 447 g/mol. The Labute approximate surface area is 185 Å². The summed E-state index contributed by atoms with van der Waals surface area (Å²) in [6, 6.07) is 12.6.